The highest BCUT2D eigenvalue weighted by molar-refractivity contribution is 5.94. The van der Waals surface area contributed by atoms with E-state index in [9.17, 15) is 4.79 Å². The van der Waals surface area contributed by atoms with E-state index in [2.05, 4.69) is 27.2 Å². The summed E-state index contributed by atoms with van der Waals surface area (Å²) in [4.78, 5) is 25.6. The number of para-hydroxylation sites is 1. The van der Waals surface area contributed by atoms with Crippen LogP contribution in [0.2, 0.25) is 0 Å². The Labute approximate surface area is 223 Å². The molecule has 2 aromatic carbocycles. The molecule has 3 N–H and O–H groups in total. The number of esters is 1. The van der Waals surface area contributed by atoms with Crippen molar-refractivity contribution in [3.63, 3.8) is 0 Å². The van der Waals surface area contributed by atoms with Crippen molar-refractivity contribution in [2.24, 2.45) is 0 Å². The lowest BCUT2D eigenvalue weighted by atomic mass is 10.2. The number of ether oxygens (including phenoxy) is 2. The van der Waals surface area contributed by atoms with Crippen molar-refractivity contribution in [3.8, 4) is 11.6 Å². The average Bonchev–Trinajstić information content (AvgIpc) is 3.57. The van der Waals surface area contributed by atoms with Crippen molar-refractivity contribution in [1.82, 2.24) is 19.4 Å². The number of hydrogen-bond donors (Lipinski definition) is 2. The molecule has 2 aromatic heterocycles. The lowest BCUT2D eigenvalue weighted by Gasteiger charge is -2.19. The molecule has 10 nitrogen and oxygen atoms in total. The number of aromatic nitrogens is 3. The number of hydrogen-bond acceptors (Lipinski definition) is 9. The first kappa shape index (κ1) is 26.7. The van der Waals surface area contributed by atoms with Gasteiger partial charge in [0.15, 0.2) is 5.82 Å². The number of benzene rings is 2. The van der Waals surface area contributed by atoms with Gasteiger partial charge in [-0.25, -0.2) is 9.78 Å². The van der Waals surface area contributed by atoms with Crippen LogP contribution in [0.3, 0.4) is 0 Å². The Morgan fingerprint density at radius 3 is 2.47 bits per heavy atom. The third-order valence-electron chi connectivity index (χ3n) is 6.41. The zero-order valence-corrected chi connectivity index (χ0v) is 22.6. The molecule has 0 aliphatic carbocycles. The number of anilines is 4. The fraction of sp³-hybridized carbons (Fsp3) is 0.321. The van der Waals surface area contributed by atoms with E-state index in [1.165, 1.54) is 39.2 Å². The summed E-state index contributed by atoms with van der Waals surface area (Å²) in [5.74, 6) is 0.728. The molecular formula is C28H35N7O3. The van der Waals surface area contributed by atoms with Crippen molar-refractivity contribution in [2.75, 3.05) is 64.4 Å². The molecule has 0 spiro atoms. The van der Waals surface area contributed by atoms with Crippen molar-refractivity contribution < 1.29 is 14.3 Å². The first-order chi connectivity index (χ1) is 18.3. The van der Waals surface area contributed by atoms with E-state index in [1.807, 2.05) is 66.2 Å². The van der Waals surface area contributed by atoms with Crippen LogP contribution >= 0.6 is 0 Å². The fourth-order valence-corrected chi connectivity index (χ4v) is 4.37. The molecule has 0 atom stereocenters. The molecule has 1 aliphatic rings. The summed E-state index contributed by atoms with van der Waals surface area (Å²) in [6.07, 6.45) is 6.12. The second kappa shape index (κ2) is 11.8. The molecule has 0 unspecified atom stereocenters. The average molecular weight is 518 g/mol. The minimum atomic E-state index is -0.526. The van der Waals surface area contributed by atoms with Gasteiger partial charge in [-0.2, -0.15) is 4.98 Å². The molecule has 0 amide bonds. The standard InChI is InChI=1S/C23H24N6O3.C5H11N/c1-28(2)19-12-20(31-3)17(11-16(19)24)26-23-25-13-15(22(30)32-4)21(27-23)29-10-9-14-7-5-6-8-18(14)29;1-6-4-2-3-5-6/h5-13H,24H2,1-4H3,(H,25,26,27);2-5H2,1H3. The summed E-state index contributed by atoms with van der Waals surface area (Å²) in [6.45, 7) is 2.64. The minimum absolute atomic E-state index is 0.244. The number of carbonyl (C=O) groups excluding carboxylic acids is 1. The zero-order valence-electron chi connectivity index (χ0n) is 22.6. The molecule has 1 saturated heterocycles. The van der Waals surface area contributed by atoms with Crippen LogP contribution in [-0.4, -0.2) is 73.9 Å². The molecule has 0 radical (unpaired) electrons. The minimum Gasteiger partial charge on any atom is -0.494 e. The van der Waals surface area contributed by atoms with Gasteiger partial charge < -0.3 is 34.9 Å². The maximum Gasteiger partial charge on any atom is 0.343 e. The highest BCUT2D eigenvalue weighted by Crippen LogP contribution is 2.36. The van der Waals surface area contributed by atoms with E-state index in [4.69, 9.17) is 15.2 Å². The lowest BCUT2D eigenvalue weighted by Crippen LogP contribution is -2.13. The molecule has 1 fully saturated rings. The summed E-state index contributed by atoms with van der Waals surface area (Å²) < 4.78 is 12.3. The van der Waals surface area contributed by atoms with Crippen LogP contribution in [-0.2, 0) is 4.74 Å². The number of methoxy groups -OCH3 is 2. The molecule has 10 heteroatoms. The summed E-state index contributed by atoms with van der Waals surface area (Å²) in [6, 6.07) is 13.4. The first-order valence-electron chi connectivity index (χ1n) is 12.4. The summed E-state index contributed by atoms with van der Waals surface area (Å²) in [5, 5.41) is 4.17. The second-order valence-corrected chi connectivity index (χ2v) is 9.31. The van der Waals surface area contributed by atoms with Gasteiger partial charge in [0.1, 0.15) is 11.3 Å². The third-order valence-corrected chi connectivity index (χ3v) is 6.41. The van der Waals surface area contributed by atoms with E-state index in [0.717, 1.165) is 16.6 Å². The normalized spacial score (nSPS) is 13.1. The maximum atomic E-state index is 12.4. The van der Waals surface area contributed by atoms with Crippen LogP contribution in [0, 0.1) is 0 Å². The molecular weight excluding hydrogens is 482 g/mol. The summed E-state index contributed by atoms with van der Waals surface area (Å²) >= 11 is 0. The molecule has 1 aliphatic heterocycles. The van der Waals surface area contributed by atoms with Crippen molar-refractivity contribution in [3.05, 3.63) is 60.4 Å². The Kier molecular flexibility index (Phi) is 8.32. The highest BCUT2D eigenvalue weighted by Gasteiger charge is 2.19. The van der Waals surface area contributed by atoms with Gasteiger partial charge in [0.05, 0.1) is 36.8 Å². The topological polar surface area (TPSA) is 111 Å². The van der Waals surface area contributed by atoms with Gasteiger partial charge in [-0.05, 0) is 56.6 Å². The van der Waals surface area contributed by atoms with E-state index < -0.39 is 5.97 Å². The molecule has 38 heavy (non-hydrogen) atoms. The SMILES string of the molecule is CN1CCCC1.COC(=O)c1cnc(Nc2cc(N)c(N(C)C)cc2OC)nc1-n1ccc2ccccc21. The van der Waals surface area contributed by atoms with Crippen molar-refractivity contribution in [1.29, 1.82) is 0 Å². The van der Waals surface area contributed by atoms with Crippen LogP contribution in [0.25, 0.3) is 16.7 Å². The number of likely N-dealkylation sites (tertiary alicyclic amines) is 1. The molecule has 4 aromatic rings. The molecule has 0 saturated carbocycles. The van der Waals surface area contributed by atoms with Crippen molar-refractivity contribution in [2.45, 2.75) is 12.8 Å². The Hall–Kier alpha value is -4.31. The van der Waals surface area contributed by atoms with Crippen LogP contribution < -0.4 is 20.7 Å². The number of nitrogens with one attached hydrogen (secondary N) is 1. The van der Waals surface area contributed by atoms with E-state index in [1.54, 1.807) is 13.2 Å². The number of carbonyl (C=O) groups is 1. The van der Waals surface area contributed by atoms with Crippen molar-refractivity contribution >= 4 is 39.9 Å². The Bertz CT molecular complexity index is 1410. The van der Waals surface area contributed by atoms with Crippen LogP contribution in [0.4, 0.5) is 23.0 Å². The van der Waals surface area contributed by atoms with Crippen LogP contribution in [0.1, 0.15) is 23.2 Å². The smallest absolute Gasteiger partial charge is 0.343 e. The lowest BCUT2D eigenvalue weighted by molar-refractivity contribution is 0.0600. The van der Waals surface area contributed by atoms with Crippen LogP contribution in [0.5, 0.6) is 5.75 Å². The monoisotopic (exact) mass is 517 g/mol. The number of nitrogens with zero attached hydrogens (tertiary/aromatic N) is 5. The fourth-order valence-electron chi connectivity index (χ4n) is 4.37. The van der Waals surface area contributed by atoms with E-state index in [-0.39, 0.29) is 11.5 Å². The molecule has 0 bridgehead atoms. The Morgan fingerprint density at radius 2 is 1.84 bits per heavy atom. The number of nitrogens with two attached hydrogens (primary N) is 1. The highest BCUT2D eigenvalue weighted by atomic mass is 16.5. The van der Waals surface area contributed by atoms with Gasteiger partial charge in [0.2, 0.25) is 5.95 Å². The Morgan fingerprint density at radius 1 is 1.11 bits per heavy atom. The van der Waals surface area contributed by atoms with Gasteiger partial charge in [-0.3, -0.25) is 0 Å². The number of nitrogen functional groups attached to an aromatic ring is 1. The third kappa shape index (κ3) is 5.81. The van der Waals surface area contributed by atoms with Gasteiger partial charge >= 0.3 is 5.97 Å². The van der Waals surface area contributed by atoms with Gasteiger partial charge in [0.25, 0.3) is 0 Å². The molecule has 3 heterocycles. The van der Waals surface area contributed by atoms with E-state index in [0.29, 0.717) is 22.9 Å². The van der Waals surface area contributed by atoms with Gasteiger partial charge in [-0.1, -0.05) is 18.2 Å². The predicted octanol–water partition coefficient (Wildman–Crippen LogP) is 4.32. The van der Waals surface area contributed by atoms with Crippen LogP contribution in [0.15, 0.2) is 54.9 Å². The van der Waals surface area contributed by atoms with Gasteiger partial charge in [-0.15, -0.1) is 0 Å². The predicted molar refractivity (Wildman–Crippen MR) is 152 cm³/mol. The number of rotatable bonds is 6. The molecule has 5 rings (SSSR count). The van der Waals surface area contributed by atoms with Gasteiger partial charge in [0, 0.05) is 32.6 Å². The Balaban J connectivity index is 0.000000494. The quantitative estimate of drug-likeness (QED) is 0.285. The second-order valence-electron chi connectivity index (χ2n) is 9.31. The number of fused-ring (bicyclic) bond motifs is 1. The zero-order chi connectivity index (χ0) is 27.2. The summed E-state index contributed by atoms with van der Waals surface area (Å²) in [7, 11) is 8.88. The first-order valence-corrected chi connectivity index (χ1v) is 12.4. The largest absolute Gasteiger partial charge is 0.494 e. The van der Waals surface area contributed by atoms with E-state index >= 15 is 0 Å². The molecule has 200 valence electrons. The summed E-state index contributed by atoms with van der Waals surface area (Å²) in [5.41, 5.74) is 9.35. The maximum absolute atomic E-state index is 12.4.